The lowest BCUT2D eigenvalue weighted by atomic mass is 10.2. The molecule has 1 atom stereocenters. The molecule has 0 heterocycles. The number of thioether (sulfide) groups is 1. The van der Waals surface area contributed by atoms with Gasteiger partial charge >= 0.3 is 5.97 Å². The molecule has 5 nitrogen and oxygen atoms in total. The fourth-order valence-corrected chi connectivity index (χ4v) is 2.71. The van der Waals surface area contributed by atoms with E-state index in [1.54, 1.807) is 6.92 Å². The van der Waals surface area contributed by atoms with E-state index in [0.717, 1.165) is 12.8 Å². The lowest BCUT2D eigenvalue weighted by Crippen LogP contribution is -2.36. The van der Waals surface area contributed by atoms with Crippen molar-refractivity contribution in [1.82, 2.24) is 5.32 Å². The summed E-state index contributed by atoms with van der Waals surface area (Å²) in [4.78, 5) is 22.8. The van der Waals surface area contributed by atoms with Crippen LogP contribution in [0.1, 0.15) is 32.6 Å². The van der Waals surface area contributed by atoms with Gasteiger partial charge in [0.15, 0.2) is 0 Å². The molecule has 1 amide bonds. The minimum atomic E-state index is -0.644. The zero-order valence-corrected chi connectivity index (χ0v) is 11.6. The Bertz CT molecular complexity index is 280. The maximum Gasteiger partial charge on any atom is 0.323 e. The number of amides is 1. The van der Waals surface area contributed by atoms with E-state index in [9.17, 15) is 9.59 Å². The van der Waals surface area contributed by atoms with Crippen LogP contribution in [-0.4, -0.2) is 42.1 Å². The number of hydrogen-bond acceptors (Lipinski definition) is 5. The fourth-order valence-electron chi connectivity index (χ4n) is 1.94. The smallest absolute Gasteiger partial charge is 0.323 e. The third-order valence-corrected chi connectivity index (χ3v) is 3.90. The molecular formula is C12H22N2O3S. The van der Waals surface area contributed by atoms with E-state index in [4.69, 9.17) is 10.5 Å². The van der Waals surface area contributed by atoms with E-state index in [2.05, 4.69) is 5.32 Å². The second kappa shape index (κ2) is 8.37. The van der Waals surface area contributed by atoms with Gasteiger partial charge < -0.3 is 15.8 Å². The van der Waals surface area contributed by atoms with E-state index < -0.39 is 12.0 Å². The summed E-state index contributed by atoms with van der Waals surface area (Å²) < 4.78 is 4.79. The number of ether oxygens (including phenoxy) is 1. The first kappa shape index (κ1) is 15.3. The van der Waals surface area contributed by atoms with E-state index in [1.807, 2.05) is 0 Å². The van der Waals surface area contributed by atoms with Crippen LogP contribution in [0.2, 0.25) is 0 Å². The molecule has 0 spiro atoms. The van der Waals surface area contributed by atoms with Gasteiger partial charge in [0.1, 0.15) is 6.04 Å². The Labute approximate surface area is 112 Å². The lowest BCUT2D eigenvalue weighted by Gasteiger charge is -2.13. The zero-order valence-electron chi connectivity index (χ0n) is 10.8. The van der Waals surface area contributed by atoms with Crippen LogP contribution in [0, 0.1) is 0 Å². The standard InChI is InChI=1S/C12H22N2O3S/c1-2-17-12(16)10(13)7-18-8-11(15)14-9-5-3-4-6-9/h9-10H,2-8,13H2,1H3,(H,14,15)/t10-/m0/s1. The Morgan fingerprint density at radius 1 is 1.44 bits per heavy atom. The van der Waals surface area contributed by atoms with Crippen molar-refractivity contribution in [3.8, 4) is 0 Å². The molecule has 1 rings (SSSR count). The Morgan fingerprint density at radius 2 is 2.11 bits per heavy atom. The van der Waals surface area contributed by atoms with Crippen molar-refractivity contribution in [2.75, 3.05) is 18.1 Å². The van der Waals surface area contributed by atoms with Crippen molar-refractivity contribution < 1.29 is 14.3 Å². The zero-order chi connectivity index (χ0) is 13.4. The van der Waals surface area contributed by atoms with Gasteiger partial charge in [-0.05, 0) is 19.8 Å². The molecule has 0 bridgehead atoms. The summed E-state index contributed by atoms with van der Waals surface area (Å²) in [6.45, 7) is 2.08. The Kier molecular flexibility index (Phi) is 7.12. The SMILES string of the molecule is CCOC(=O)[C@@H](N)CSCC(=O)NC1CCCC1. The van der Waals surface area contributed by atoms with Crippen LogP contribution in [0.4, 0.5) is 0 Å². The van der Waals surface area contributed by atoms with Crippen molar-refractivity contribution in [3.63, 3.8) is 0 Å². The molecule has 0 aromatic carbocycles. The number of carbonyl (C=O) groups is 2. The van der Waals surface area contributed by atoms with Gasteiger partial charge in [-0.1, -0.05) is 12.8 Å². The second-order valence-corrected chi connectivity index (χ2v) is 5.45. The Hall–Kier alpha value is -0.750. The molecule has 0 saturated heterocycles. The molecule has 0 unspecified atom stereocenters. The van der Waals surface area contributed by atoms with E-state index in [1.165, 1.54) is 24.6 Å². The van der Waals surface area contributed by atoms with Gasteiger partial charge in [0, 0.05) is 11.8 Å². The minimum Gasteiger partial charge on any atom is -0.465 e. The highest BCUT2D eigenvalue weighted by Crippen LogP contribution is 2.17. The van der Waals surface area contributed by atoms with Gasteiger partial charge in [-0.3, -0.25) is 9.59 Å². The summed E-state index contributed by atoms with van der Waals surface area (Å²) in [6, 6.07) is -0.300. The minimum absolute atomic E-state index is 0.0305. The van der Waals surface area contributed by atoms with Gasteiger partial charge in [-0.2, -0.15) is 0 Å². The first-order valence-corrected chi connectivity index (χ1v) is 7.58. The van der Waals surface area contributed by atoms with Crippen LogP contribution in [0.25, 0.3) is 0 Å². The quantitative estimate of drug-likeness (QED) is 0.667. The molecule has 18 heavy (non-hydrogen) atoms. The molecule has 1 fully saturated rings. The molecule has 0 aliphatic heterocycles. The van der Waals surface area contributed by atoms with Gasteiger partial charge in [0.05, 0.1) is 12.4 Å². The summed E-state index contributed by atoms with van der Waals surface area (Å²) in [5.74, 6) is 0.393. The molecule has 6 heteroatoms. The van der Waals surface area contributed by atoms with Crippen molar-refractivity contribution in [2.45, 2.75) is 44.7 Å². The highest BCUT2D eigenvalue weighted by atomic mass is 32.2. The highest BCUT2D eigenvalue weighted by Gasteiger charge is 2.18. The van der Waals surface area contributed by atoms with Crippen LogP contribution >= 0.6 is 11.8 Å². The van der Waals surface area contributed by atoms with Crippen molar-refractivity contribution in [2.24, 2.45) is 5.73 Å². The maximum absolute atomic E-state index is 11.6. The topological polar surface area (TPSA) is 81.4 Å². The number of nitrogens with one attached hydrogen (secondary N) is 1. The molecule has 1 saturated carbocycles. The Balaban J connectivity index is 2.09. The molecular weight excluding hydrogens is 252 g/mol. The normalized spacial score (nSPS) is 17.4. The summed E-state index contributed by atoms with van der Waals surface area (Å²) >= 11 is 1.37. The number of esters is 1. The summed E-state index contributed by atoms with van der Waals surface area (Å²) in [5.41, 5.74) is 5.63. The molecule has 1 aliphatic carbocycles. The third kappa shape index (κ3) is 5.73. The summed E-state index contributed by atoms with van der Waals surface area (Å²) in [7, 11) is 0. The second-order valence-electron chi connectivity index (χ2n) is 4.42. The average molecular weight is 274 g/mol. The molecule has 3 N–H and O–H groups in total. The van der Waals surface area contributed by atoms with E-state index in [0.29, 0.717) is 24.2 Å². The predicted molar refractivity (Wildman–Crippen MR) is 72.3 cm³/mol. The highest BCUT2D eigenvalue weighted by molar-refractivity contribution is 8.00. The summed E-state index contributed by atoms with van der Waals surface area (Å²) in [6.07, 6.45) is 4.56. The van der Waals surface area contributed by atoms with Crippen LogP contribution < -0.4 is 11.1 Å². The fraction of sp³-hybridized carbons (Fsp3) is 0.833. The monoisotopic (exact) mass is 274 g/mol. The van der Waals surface area contributed by atoms with Gasteiger partial charge in [-0.25, -0.2) is 0 Å². The first-order chi connectivity index (χ1) is 8.63. The summed E-state index contributed by atoms with van der Waals surface area (Å²) in [5, 5.41) is 2.99. The third-order valence-electron chi connectivity index (χ3n) is 2.84. The van der Waals surface area contributed by atoms with Crippen molar-refractivity contribution >= 4 is 23.6 Å². The van der Waals surface area contributed by atoms with Crippen molar-refractivity contribution in [1.29, 1.82) is 0 Å². The largest absolute Gasteiger partial charge is 0.465 e. The Morgan fingerprint density at radius 3 is 2.72 bits per heavy atom. The van der Waals surface area contributed by atoms with E-state index >= 15 is 0 Å². The predicted octanol–water partition coefficient (Wildman–Crippen LogP) is 0.669. The number of rotatable bonds is 7. The first-order valence-electron chi connectivity index (χ1n) is 6.42. The number of carbonyl (C=O) groups excluding carboxylic acids is 2. The molecule has 0 aromatic heterocycles. The number of nitrogens with two attached hydrogens (primary N) is 1. The van der Waals surface area contributed by atoms with Gasteiger partial charge in [0.25, 0.3) is 0 Å². The number of hydrogen-bond donors (Lipinski definition) is 2. The van der Waals surface area contributed by atoms with Crippen LogP contribution in [0.3, 0.4) is 0 Å². The van der Waals surface area contributed by atoms with Crippen LogP contribution in [0.15, 0.2) is 0 Å². The van der Waals surface area contributed by atoms with E-state index in [-0.39, 0.29) is 5.91 Å². The van der Waals surface area contributed by atoms with Crippen molar-refractivity contribution in [3.05, 3.63) is 0 Å². The van der Waals surface area contributed by atoms with Gasteiger partial charge in [0.2, 0.25) is 5.91 Å². The molecule has 0 radical (unpaired) electrons. The molecule has 104 valence electrons. The average Bonchev–Trinajstić information content (AvgIpc) is 2.81. The lowest BCUT2D eigenvalue weighted by molar-refractivity contribution is -0.144. The molecule has 0 aromatic rings. The van der Waals surface area contributed by atoms with Crippen LogP contribution in [0.5, 0.6) is 0 Å². The van der Waals surface area contributed by atoms with Gasteiger partial charge in [-0.15, -0.1) is 11.8 Å². The molecule has 1 aliphatic rings. The van der Waals surface area contributed by atoms with Crippen LogP contribution in [-0.2, 0) is 14.3 Å². The maximum atomic E-state index is 11.6.